The summed E-state index contributed by atoms with van der Waals surface area (Å²) in [6.45, 7) is 1.90. The molecule has 1 fully saturated rings. The summed E-state index contributed by atoms with van der Waals surface area (Å²) in [4.78, 5) is 36.0. The largest absolute Gasteiger partial charge is 0.284 e. The molecule has 160 valence electrons. The Labute approximate surface area is 191 Å². The molecule has 0 atom stereocenters. The number of hydrogen-bond donors (Lipinski definition) is 0. The predicted molar refractivity (Wildman–Crippen MR) is 127 cm³/mol. The van der Waals surface area contributed by atoms with E-state index < -0.39 is 0 Å². The lowest BCUT2D eigenvalue weighted by Crippen LogP contribution is -2.29. The van der Waals surface area contributed by atoms with E-state index in [1.54, 1.807) is 28.7 Å². The number of benzene rings is 1. The number of nitrogens with zero attached hydrogens (tertiary/aromatic N) is 4. The van der Waals surface area contributed by atoms with Crippen molar-refractivity contribution in [1.29, 1.82) is 0 Å². The summed E-state index contributed by atoms with van der Waals surface area (Å²) in [6.07, 6.45) is 5.40. The number of rotatable bonds is 4. The predicted octanol–water partition coefficient (Wildman–Crippen LogP) is 5.23. The van der Waals surface area contributed by atoms with Gasteiger partial charge in [-0.1, -0.05) is 42.6 Å². The Morgan fingerprint density at radius 1 is 1.16 bits per heavy atom. The van der Waals surface area contributed by atoms with E-state index >= 15 is 0 Å². The molecule has 0 bridgehead atoms. The summed E-state index contributed by atoms with van der Waals surface area (Å²) < 4.78 is 3.48. The lowest BCUT2D eigenvalue weighted by Gasteiger charge is -2.26. The van der Waals surface area contributed by atoms with Crippen molar-refractivity contribution >= 4 is 50.6 Å². The van der Waals surface area contributed by atoms with E-state index in [1.807, 2.05) is 16.9 Å². The van der Waals surface area contributed by atoms with Gasteiger partial charge in [-0.25, -0.2) is 9.97 Å². The van der Waals surface area contributed by atoms with Gasteiger partial charge in [-0.2, -0.15) is 0 Å². The smallest absolute Gasteiger partial charge is 0.262 e. The molecule has 0 spiro atoms. The molecule has 0 N–H and O–H groups in total. The average Bonchev–Trinajstić information content (AvgIpc) is 3.14. The first kappa shape index (κ1) is 20.7. The summed E-state index contributed by atoms with van der Waals surface area (Å²) in [5.74, 6) is 0.466. The third-order valence-electron chi connectivity index (χ3n) is 5.75. The molecule has 0 saturated heterocycles. The first-order valence-corrected chi connectivity index (χ1v) is 12.6. The molecule has 3 heterocycles. The van der Waals surface area contributed by atoms with Gasteiger partial charge >= 0.3 is 0 Å². The summed E-state index contributed by atoms with van der Waals surface area (Å²) >= 11 is 9.07. The van der Waals surface area contributed by atoms with E-state index in [-0.39, 0.29) is 17.2 Å². The second-order valence-electron chi connectivity index (χ2n) is 7.89. The summed E-state index contributed by atoms with van der Waals surface area (Å²) in [5, 5.41) is 3.73. The summed E-state index contributed by atoms with van der Waals surface area (Å²) in [6, 6.07) is 6.95. The van der Waals surface area contributed by atoms with Crippen molar-refractivity contribution in [3.8, 4) is 0 Å². The zero-order valence-corrected chi connectivity index (χ0v) is 19.4. The number of thiazole rings is 1. The topological polar surface area (TPSA) is 69.3 Å². The van der Waals surface area contributed by atoms with Crippen LogP contribution < -0.4 is 11.1 Å². The monoisotopic (exact) mass is 472 g/mol. The van der Waals surface area contributed by atoms with Gasteiger partial charge in [0.15, 0.2) is 10.1 Å². The van der Waals surface area contributed by atoms with Crippen LogP contribution in [0.25, 0.3) is 15.9 Å². The van der Waals surface area contributed by atoms with Gasteiger partial charge in [0.1, 0.15) is 0 Å². The average molecular weight is 473 g/mol. The Kier molecular flexibility index (Phi) is 5.62. The zero-order valence-electron chi connectivity index (χ0n) is 17.0. The van der Waals surface area contributed by atoms with E-state index in [9.17, 15) is 9.59 Å². The van der Waals surface area contributed by atoms with Crippen LogP contribution in [0.3, 0.4) is 0 Å². The van der Waals surface area contributed by atoms with Crippen LogP contribution in [0.4, 0.5) is 0 Å². The number of halogens is 1. The van der Waals surface area contributed by atoms with Crippen LogP contribution in [0.15, 0.2) is 44.4 Å². The van der Waals surface area contributed by atoms with Gasteiger partial charge in [-0.3, -0.25) is 18.6 Å². The van der Waals surface area contributed by atoms with Crippen molar-refractivity contribution in [2.75, 3.05) is 0 Å². The van der Waals surface area contributed by atoms with Crippen LogP contribution in [0.2, 0.25) is 5.02 Å². The quantitative estimate of drug-likeness (QED) is 0.300. The van der Waals surface area contributed by atoms with Gasteiger partial charge in [0.2, 0.25) is 0 Å². The molecule has 6 nitrogen and oxygen atoms in total. The van der Waals surface area contributed by atoms with Crippen LogP contribution in [-0.2, 0) is 5.75 Å². The van der Waals surface area contributed by atoms with Gasteiger partial charge < -0.3 is 0 Å². The minimum atomic E-state index is -0.0812. The maximum atomic E-state index is 13.4. The summed E-state index contributed by atoms with van der Waals surface area (Å²) in [5.41, 5.74) is 2.07. The van der Waals surface area contributed by atoms with Gasteiger partial charge in [0, 0.05) is 34.0 Å². The highest BCUT2D eigenvalue weighted by atomic mass is 35.5. The van der Waals surface area contributed by atoms with Crippen molar-refractivity contribution in [2.45, 2.75) is 56.0 Å². The van der Waals surface area contributed by atoms with Crippen LogP contribution in [0, 0.1) is 6.92 Å². The van der Waals surface area contributed by atoms with Gasteiger partial charge in [-0.15, -0.1) is 11.3 Å². The van der Waals surface area contributed by atoms with Gasteiger partial charge in [0.05, 0.1) is 16.6 Å². The summed E-state index contributed by atoms with van der Waals surface area (Å²) in [7, 11) is 0. The second kappa shape index (κ2) is 8.41. The Hall–Kier alpha value is -2.16. The van der Waals surface area contributed by atoms with Gasteiger partial charge in [0.25, 0.3) is 11.1 Å². The minimum absolute atomic E-state index is 0.0200. The Bertz CT molecular complexity index is 1400. The number of hydrogen-bond acceptors (Lipinski definition) is 6. The van der Waals surface area contributed by atoms with Crippen LogP contribution >= 0.6 is 34.7 Å². The highest BCUT2D eigenvalue weighted by Gasteiger charge is 2.22. The van der Waals surface area contributed by atoms with Crippen LogP contribution in [0.5, 0.6) is 0 Å². The fraction of sp³-hybridized carbons (Fsp3) is 0.364. The maximum Gasteiger partial charge on any atom is 0.262 e. The van der Waals surface area contributed by atoms with E-state index in [4.69, 9.17) is 16.6 Å². The third-order valence-corrected chi connectivity index (χ3v) is 7.91. The van der Waals surface area contributed by atoms with Crippen molar-refractivity contribution in [3.63, 3.8) is 0 Å². The van der Waals surface area contributed by atoms with E-state index in [2.05, 4.69) is 4.98 Å². The maximum absolute atomic E-state index is 13.4. The van der Waals surface area contributed by atoms with E-state index in [0.717, 1.165) is 31.4 Å². The molecule has 1 aliphatic carbocycles. The molecule has 5 rings (SSSR count). The first-order valence-electron chi connectivity index (χ1n) is 10.3. The molecule has 1 aromatic carbocycles. The molecule has 1 aliphatic rings. The second-order valence-corrected chi connectivity index (χ2v) is 10.1. The molecule has 9 heteroatoms. The Morgan fingerprint density at radius 2 is 1.97 bits per heavy atom. The standard InChI is InChI=1S/C22H21ClN4O2S2/c1-13-11-30-21-24-15(10-19(28)26(13)21)12-31-22-25-18-9-14(23)7-8-17(18)20(29)27(22)16-5-3-2-4-6-16/h7-11,16H,2-6,12H2,1H3. The number of aromatic nitrogens is 4. The van der Waals surface area contributed by atoms with Crippen LogP contribution in [-0.4, -0.2) is 18.9 Å². The molecule has 4 aromatic rings. The molecule has 3 aromatic heterocycles. The van der Waals surface area contributed by atoms with Crippen molar-refractivity contribution in [2.24, 2.45) is 0 Å². The highest BCUT2D eigenvalue weighted by molar-refractivity contribution is 7.98. The van der Waals surface area contributed by atoms with Crippen molar-refractivity contribution in [3.05, 3.63) is 66.8 Å². The van der Waals surface area contributed by atoms with Crippen molar-refractivity contribution in [1.82, 2.24) is 18.9 Å². The minimum Gasteiger partial charge on any atom is -0.284 e. The molecule has 0 aliphatic heterocycles. The molecular weight excluding hydrogens is 452 g/mol. The van der Waals surface area contributed by atoms with Crippen LogP contribution in [0.1, 0.15) is 49.5 Å². The van der Waals surface area contributed by atoms with E-state index in [0.29, 0.717) is 37.5 Å². The Morgan fingerprint density at radius 3 is 2.77 bits per heavy atom. The molecule has 0 radical (unpaired) electrons. The molecule has 1 saturated carbocycles. The number of fused-ring (bicyclic) bond motifs is 2. The third kappa shape index (κ3) is 3.92. The molecule has 31 heavy (non-hydrogen) atoms. The highest BCUT2D eigenvalue weighted by Crippen LogP contribution is 2.32. The number of aryl methyl sites for hydroxylation is 1. The lowest BCUT2D eigenvalue weighted by molar-refractivity contribution is 0.326. The van der Waals surface area contributed by atoms with E-state index in [1.165, 1.54) is 29.5 Å². The SMILES string of the molecule is Cc1csc2nc(CSc3nc4cc(Cl)ccc4c(=O)n3C3CCCCC3)cc(=O)n12. The Balaban J connectivity index is 1.56. The normalized spacial score (nSPS) is 15.2. The zero-order chi connectivity index (χ0) is 21.5. The van der Waals surface area contributed by atoms with Crippen molar-refractivity contribution < 1.29 is 0 Å². The molecule has 0 unspecified atom stereocenters. The fourth-order valence-corrected chi connectivity index (χ4v) is 6.24. The fourth-order valence-electron chi connectivity index (χ4n) is 4.23. The van der Waals surface area contributed by atoms with Gasteiger partial charge in [-0.05, 0) is 38.0 Å². The molecule has 0 amide bonds. The lowest BCUT2D eigenvalue weighted by atomic mass is 9.95. The first-order chi connectivity index (χ1) is 15.0. The molecular formula is C22H21ClN4O2S2. The number of thioether (sulfide) groups is 1.